The van der Waals surface area contributed by atoms with E-state index in [0.717, 1.165) is 12.8 Å². The summed E-state index contributed by atoms with van der Waals surface area (Å²) in [5.41, 5.74) is 0.535. The van der Waals surface area contributed by atoms with Gasteiger partial charge in [-0.15, -0.1) is 0 Å². The molecule has 0 aliphatic carbocycles. The summed E-state index contributed by atoms with van der Waals surface area (Å²) in [5.74, 6) is 1.08. The number of carbonyl (C=O) groups excluding carboxylic acids is 1. The van der Waals surface area contributed by atoms with Gasteiger partial charge in [-0.1, -0.05) is 29.3 Å². The molecule has 0 bridgehead atoms. The molecule has 0 radical (unpaired) electrons. The number of ether oxygens (including phenoxy) is 2. The second kappa shape index (κ2) is 8.04. The van der Waals surface area contributed by atoms with Crippen molar-refractivity contribution in [3.63, 3.8) is 0 Å². The second-order valence-electron chi connectivity index (χ2n) is 4.20. The molecule has 1 rings (SSSR count). The van der Waals surface area contributed by atoms with Gasteiger partial charge < -0.3 is 14.8 Å². The van der Waals surface area contributed by atoms with Crippen LogP contribution in [0.4, 0.5) is 0 Å². The molecule has 0 heterocycles. The highest BCUT2D eigenvalue weighted by atomic mass is 79.9. The molecule has 0 fully saturated rings. The van der Waals surface area contributed by atoms with Crippen molar-refractivity contribution in [2.75, 3.05) is 20.8 Å². The van der Waals surface area contributed by atoms with Gasteiger partial charge in [0.05, 0.1) is 14.2 Å². The molecule has 0 aliphatic rings. The Balaban J connectivity index is 2.70. The highest BCUT2D eigenvalue weighted by Gasteiger charge is 2.11. The summed E-state index contributed by atoms with van der Waals surface area (Å²) in [7, 11) is 3.12. The van der Waals surface area contributed by atoms with Crippen LogP contribution >= 0.6 is 15.9 Å². The number of methoxy groups -OCH3 is 2. The van der Waals surface area contributed by atoms with E-state index in [4.69, 9.17) is 9.47 Å². The van der Waals surface area contributed by atoms with Crippen LogP contribution in [0.5, 0.6) is 11.5 Å². The highest BCUT2D eigenvalue weighted by molar-refractivity contribution is 9.09. The first-order chi connectivity index (χ1) is 9.10. The van der Waals surface area contributed by atoms with Crippen LogP contribution in [0.15, 0.2) is 18.2 Å². The zero-order valence-electron chi connectivity index (χ0n) is 11.5. The summed E-state index contributed by atoms with van der Waals surface area (Å²) in [6.07, 6.45) is 2.11. The van der Waals surface area contributed by atoms with Gasteiger partial charge >= 0.3 is 0 Å². The first-order valence-corrected chi connectivity index (χ1v) is 7.17. The Bertz CT molecular complexity index is 401. The van der Waals surface area contributed by atoms with Gasteiger partial charge in [0.2, 0.25) is 0 Å². The number of rotatable bonds is 7. The molecular formula is C14H20BrNO3. The number of alkyl halides is 1. The Morgan fingerprint density at radius 3 is 2.32 bits per heavy atom. The van der Waals surface area contributed by atoms with Crippen LogP contribution in [-0.4, -0.2) is 31.5 Å². The van der Waals surface area contributed by atoms with Gasteiger partial charge in [-0.2, -0.15) is 0 Å². The summed E-state index contributed by atoms with van der Waals surface area (Å²) >= 11 is 3.53. The van der Waals surface area contributed by atoms with E-state index >= 15 is 0 Å². The maximum atomic E-state index is 12.0. The molecule has 1 aromatic carbocycles. The largest absolute Gasteiger partial charge is 0.497 e. The predicted molar refractivity (Wildman–Crippen MR) is 79.5 cm³/mol. The molecular weight excluding hydrogens is 310 g/mol. The van der Waals surface area contributed by atoms with Crippen molar-refractivity contribution >= 4 is 21.8 Å². The monoisotopic (exact) mass is 329 g/mol. The minimum atomic E-state index is -0.127. The predicted octanol–water partition coefficient (Wildman–Crippen LogP) is 3.00. The van der Waals surface area contributed by atoms with Crippen LogP contribution in [-0.2, 0) is 0 Å². The molecule has 0 spiro atoms. The molecule has 4 nitrogen and oxygen atoms in total. The van der Waals surface area contributed by atoms with E-state index in [9.17, 15) is 4.79 Å². The summed E-state index contributed by atoms with van der Waals surface area (Å²) < 4.78 is 10.3. The highest BCUT2D eigenvalue weighted by Crippen LogP contribution is 2.22. The van der Waals surface area contributed by atoms with Crippen LogP contribution in [0.1, 0.15) is 30.1 Å². The average Bonchev–Trinajstić information content (AvgIpc) is 2.44. The fourth-order valence-electron chi connectivity index (χ4n) is 1.66. The minimum absolute atomic E-state index is 0.127. The first-order valence-electron chi connectivity index (χ1n) is 6.26. The quantitative estimate of drug-likeness (QED) is 0.782. The Kier molecular flexibility index (Phi) is 6.70. The zero-order chi connectivity index (χ0) is 14.3. The number of amides is 1. The van der Waals surface area contributed by atoms with Crippen LogP contribution in [0.2, 0.25) is 0 Å². The van der Waals surface area contributed by atoms with Crippen LogP contribution in [0.25, 0.3) is 0 Å². The normalized spacial score (nSPS) is 11.8. The lowest BCUT2D eigenvalue weighted by Gasteiger charge is -2.11. The molecule has 19 heavy (non-hydrogen) atoms. The summed E-state index contributed by atoms with van der Waals surface area (Å²) in [5, 5.41) is 2.89. The van der Waals surface area contributed by atoms with Gasteiger partial charge in [-0.05, 0) is 18.6 Å². The van der Waals surface area contributed by atoms with Crippen LogP contribution in [0.3, 0.4) is 0 Å². The van der Waals surface area contributed by atoms with Gasteiger partial charge in [0.1, 0.15) is 11.5 Å². The summed E-state index contributed by atoms with van der Waals surface area (Å²) in [6.45, 7) is 2.72. The minimum Gasteiger partial charge on any atom is -0.497 e. The average molecular weight is 330 g/mol. The number of hydrogen-bond donors (Lipinski definition) is 1. The Morgan fingerprint density at radius 1 is 1.26 bits per heavy atom. The second-order valence-corrected chi connectivity index (χ2v) is 5.49. The van der Waals surface area contributed by atoms with Gasteiger partial charge in [0.15, 0.2) is 0 Å². The van der Waals surface area contributed by atoms with E-state index in [2.05, 4.69) is 28.2 Å². The van der Waals surface area contributed by atoms with E-state index < -0.39 is 0 Å². The van der Waals surface area contributed by atoms with E-state index in [1.165, 1.54) is 0 Å². The molecule has 1 atom stereocenters. The standard InChI is InChI=1S/C14H20BrNO3/c1-4-5-11(15)9-16-14(17)10-6-12(18-2)8-13(7-10)19-3/h6-8,11H,4-5,9H2,1-3H3,(H,16,17). The van der Waals surface area contributed by atoms with Crippen molar-refractivity contribution in [3.8, 4) is 11.5 Å². The number of nitrogens with one attached hydrogen (secondary N) is 1. The van der Waals surface area contributed by atoms with Crippen LogP contribution in [0, 0.1) is 0 Å². The fraction of sp³-hybridized carbons (Fsp3) is 0.500. The Hall–Kier alpha value is -1.23. The van der Waals surface area contributed by atoms with Gasteiger partial charge in [-0.3, -0.25) is 4.79 Å². The summed E-state index contributed by atoms with van der Waals surface area (Å²) in [6, 6.07) is 5.13. The first kappa shape index (κ1) is 15.8. The molecule has 1 unspecified atom stereocenters. The molecule has 1 amide bonds. The zero-order valence-corrected chi connectivity index (χ0v) is 13.1. The molecule has 0 aliphatic heterocycles. The van der Waals surface area contributed by atoms with Crippen molar-refractivity contribution < 1.29 is 14.3 Å². The molecule has 0 aromatic heterocycles. The molecule has 0 saturated heterocycles. The van der Waals surface area contributed by atoms with Crippen molar-refractivity contribution in [2.24, 2.45) is 0 Å². The lowest BCUT2D eigenvalue weighted by molar-refractivity contribution is 0.0953. The third-order valence-electron chi connectivity index (χ3n) is 2.70. The molecule has 5 heteroatoms. The maximum Gasteiger partial charge on any atom is 0.251 e. The molecule has 1 aromatic rings. The number of halogens is 1. The van der Waals surface area contributed by atoms with Gasteiger partial charge in [-0.25, -0.2) is 0 Å². The lowest BCUT2D eigenvalue weighted by atomic mass is 10.2. The Morgan fingerprint density at radius 2 is 1.84 bits per heavy atom. The fourth-order valence-corrected chi connectivity index (χ4v) is 2.28. The number of hydrogen-bond acceptors (Lipinski definition) is 3. The topological polar surface area (TPSA) is 47.6 Å². The molecule has 1 N–H and O–H groups in total. The molecule has 106 valence electrons. The van der Waals surface area contributed by atoms with Crippen molar-refractivity contribution in [2.45, 2.75) is 24.6 Å². The molecule has 0 saturated carbocycles. The van der Waals surface area contributed by atoms with E-state index in [1.54, 1.807) is 32.4 Å². The smallest absolute Gasteiger partial charge is 0.251 e. The van der Waals surface area contributed by atoms with E-state index in [0.29, 0.717) is 28.4 Å². The lowest BCUT2D eigenvalue weighted by Crippen LogP contribution is -2.29. The van der Waals surface area contributed by atoms with E-state index in [1.807, 2.05) is 0 Å². The van der Waals surface area contributed by atoms with Crippen LogP contribution < -0.4 is 14.8 Å². The van der Waals surface area contributed by atoms with Gasteiger partial charge in [0.25, 0.3) is 5.91 Å². The maximum absolute atomic E-state index is 12.0. The third kappa shape index (κ3) is 5.11. The van der Waals surface area contributed by atoms with Crippen molar-refractivity contribution in [1.29, 1.82) is 0 Å². The Labute approximate surface area is 122 Å². The number of benzene rings is 1. The summed E-state index contributed by atoms with van der Waals surface area (Å²) in [4.78, 5) is 12.3. The van der Waals surface area contributed by atoms with Gasteiger partial charge in [0, 0.05) is 23.0 Å². The number of carbonyl (C=O) groups is 1. The van der Waals surface area contributed by atoms with Crippen molar-refractivity contribution in [3.05, 3.63) is 23.8 Å². The van der Waals surface area contributed by atoms with Crippen molar-refractivity contribution in [1.82, 2.24) is 5.32 Å². The SMILES string of the molecule is CCCC(Br)CNC(=O)c1cc(OC)cc(OC)c1. The third-order valence-corrected chi connectivity index (χ3v) is 3.48. The van der Waals surface area contributed by atoms with E-state index in [-0.39, 0.29) is 5.91 Å².